The van der Waals surface area contributed by atoms with Crippen molar-refractivity contribution in [2.24, 2.45) is 0 Å². The van der Waals surface area contributed by atoms with Gasteiger partial charge in [0.15, 0.2) is 11.6 Å². The largest absolute Gasteiger partial charge is 0.378 e. The molecule has 0 saturated heterocycles. The van der Waals surface area contributed by atoms with E-state index >= 15 is 0 Å². The molecule has 1 amide bonds. The van der Waals surface area contributed by atoms with Crippen molar-refractivity contribution in [3.8, 4) is 17.1 Å². The van der Waals surface area contributed by atoms with Crippen LogP contribution in [0.2, 0.25) is 0 Å². The van der Waals surface area contributed by atoms with Gasteiger partial charge < -0.3 is 10.6 Å². The number of benzene rings is 3. The lowest BCUT2D eigenvalue weighted by molar-refractivity contribution is 0.0963. The maximum Gasteiger partial charge on any atom is 0.251 e. The highest BCUT2D eigenvalue weighted by molar-refractivity contribution is 5.94. The first-order valence-electron chi connectivity index (χ1n) is 9.37. The third-order valence-electron chi connectivity index (χ3n) is 4.53. The molecule has 0 saturated carbocycles. The van der Waals surface area contributed by atoms with Crippen LogP contribution in [0.15, 0.2) is 84.9 Å². The maximum absolute atomic E-state index is 11.7. The zero-order valence-electron chi connectivity index (χ0n) is 16.0. The molecule has 0 aliphatic carbocycles. The van der Waals surface area contributed by atoms with Crippen molar-refractivity contribution in [3.63, 3.8) is 0 Å². The van der Waals surface area contributed by atoms with Crippen molar-refractivity contribution in [3.05, 3.63) is 96.3 Å². The first kappa shape index (κ1) is 18.4. The molecule has 29 heavy (non-hydrogen) atoms. The molecule has 0 aliphatic rings. The molecule has 6 nitrogen and oxygen atoms in total. The average molecular weight is 383 g/mol. The molecule has 6 heteroatoms. The highest BCUT2D eigenvalue weighted by Crippen LogP contribution is 2.19. The van der Waals surface area contributed by atoms with Crippen molar-refractivity contribution in [2.75, 3.05) is 12.4 Å². The summed E-state index contributed by atoms with van der Waals surface area (Å²) in [5, 5.41) is 10.7. The summed E-state index contributed by atoms with van der Waals surface area (Å²) in [6, 6.07) is 27.2. The minimum Gasteiger partial charge on any atom is -0.378 e. The Balaban J connectivity index is 1.60. The lowest BCUT2D eigenvalue weighted by Crippen LogP contribution is -2.17. The molecule has 1 aromatic heterocycles. The van der Waals surface area contributed by atoms with Crippen LogP contribution >= 0.6 is 0 Å². The number of aromatic nitrogens is 3. The van der Waals surface area contributed by atoms with Crippen molar-refractivity contribution in [2.45, 2.75) is 6.54 Å². The number of carbonyl (C=O) groups is 1. The average Bonchev–Trinajstić information content (AvgIpc) is 3.23. The number of nitrogens with one attached hydrogen (secondary N) is 2. The van der Waals surface area contributed by atoms with Gasteiger partial charge in [-0.3, -0.25) is 4.79 Å². The van der Waals surface area contributed by atoms with Gasteiger partial charge in [-0.15, -0.1) is 5.10 Å². The summed E-state index contributed by atoms with van der Waals surface area (Å²) in [4.78, 5) is 16.4. The lowest BCUT2D eigenvalue weighted by Gasteiger charge is -2.09. The summed E-state index contributed by atoms with van der Waals surface area (Å²) in [5.41, 5.74) is 3.45. The highest BCUT2D eigenvalue weighted by Gasteiger charge is 2.13. The predicted octanol–water partition coefficient (Wildman–Crippen LogP) is 3.91. The molecular weight excluding hydrogens is 362 g/mol. The third kappa shape index (κ3) is 4.16. The molecule has 0 aliphatic heterocycles. The van der Waals surface area contributed by atoms with Gasteiger partial charge in [-0.05, 0) is 36.4 Å². The number of hydrogen-bond donors (Lipinski definition) is 2. The zero-order valence-corrected chi connectivity index (χ0v) is 16.0. The van der Waals surface area contributed by atoms with E-state index in [1.54, 1.807) is 19.2 Å². The monoisotopic (exact) mass is 383 g/mol. The van der Waals surface area contributed by atoms with Crippen molar-refractivity contribution in [1.82, 2.24) is 20.1 Å². The van der Waals surface area contributed by atoms with E-state index in [1.807, 2.05) is 77.5 Å². The Bertz CT molecular complexity index is 1090. The fourth-order valence-corrected chi connectivity index (χ4v) is 3.01. The minimum absolute atomic E-state index is 0.104. The number of rotatable bonds is 6. The quantitative estimate of drug-likeness (QED) is 0.530. The predicted molar refractivity (Wildman–Crippen MR) is 114 cm³/mol. The molecule has 144 valence electrons. The number of para-hydroxylation sites is 1. The number of hydrogen-bond acceptors (Lipinski definition) is 4. The lowest BCUT2D eigenvalue weighted by atomic mass is 10.2. The molecule has 0 bridgehead atoms. The van der Waals surface area contributed by atoms with E-state index in [0.29, 0.717) is 17.9 Å². The van der Waals surface area contributed by atoms with E-state index in [0.717, 1.165) is 22.8 Å². The van der Waals surface area contributed by atoms with Crippen LogP contribution in [-0.4, -0.2) is 27.7 Å². The summed E-state index contributed by atoms with van der Waals surface area (Å²) in [7, 11) is 1.62. The molecule has 4 aromatic rings. The molecule has 0 radical (unpaired) electrons. The molecular formula is C23H21N5O. The van der Waals surface area contributed by atoms with Crippen LogP contribution < -0.4 is 10.6 Å². The van der Waals surface area contributed by atoms with Crippen LogP contribution in [0.5, 0.6) is 0 Å². The van der Waals surface area contributed by atoms with E-state index in [4.69, 9.17) is 10.1 Å². The van der Waals surface area contributed by atoms with Gasteiger partial charge in [0.25, 0.3) is 5.91 Å². The van der Waals surface area contributed by atoms with Gasteiger partial charge in [-0.1, -0.05) is 48.5 Å². The van der Waals surface area contributed by atoms with Gasteiger partial charge in [0.1, 0.15) is 0 Å². The van der Waals surface area contributed by atoms with Crippen LogP contribution in [-0.2, 0) is 6.54 Å². The summed E-state index contributed by atoms with van der Waals surface area (Å²) in [6.07, 6.45) is 0. The van der Waals surface area contributed by atoms with E-state index in [-0.39, 0.29) is 5.91 Å². The number of nitrogens with zero attached hydrogens (tertiary/aromatic N) is 3. The minimum atomic E-state index is -0.104. The Morgan fingerprint density at radius 2 is 1.55 bits per heavy atom. The summed E-state index contributed by atoms with van der Waals surface area (Å²) in [6.45, 7) is 0.494. The Morgan fingerprint density at radius 3 is 2.21 bits per heavy atom. The van der Waals surface area contributed by atoms with E-state index in [1.165, 1.54) is 0 Å². The smallest absolute Gasteiger partial charge is 0.251 e. The van der Waals surface area contributed by atoms with Crippen molar-refractivity contribution >= 4 is 11.6 Å². The number of anilines is 1. The van der Waals surface area contributed by atoms with E-state index < -0.39 is 0 Å². The Labute approximate surface area is 169 Å². The fourth-order valence-electron chi connectivity index (χ4n) is 3.01. The van der Waals surface area contributed by atoms with Gasteiger partial charge in [-0.2, -0.15) is 0 Å². The zero-order chi connectivity index (χ0) is 20.1. The highest BCUT2D eigenvalue weighted by atomic mass is 16.1. The van der Waals surface area contributed by atoms with Crippen LogP contribution in [0, 0.1) is 0 Å². The van der Waals surface area contributed by atoms with Crippen molar-refractivity contribution in [1.29, 1.82) is 0 Å². The first-order valence-corrected chi connectivity index (χ1v) is 9.37. The second-order valence-electron chi connectivity index (χ2n) is 6.48. The molecule has 0 unspecified atom stereocenters. The van der Waals surface area contributed by atoms with Crippen LogP contribution in [0.4, 0.5) is 5.69 Å². The van der Waals surface area contributed by atoms with Gasteiger partial charge >= 0.3 is 0 Å². The second kappa shape index (κ2) is 8.39. The summed E-state index contributed by atoms with van der Waals surface area (Å²) < 4.78 is 1.86. The summed E-state index contributed by atoms with van der Waals surface area (Å²) >= 11 is 0. The molecule has 0 fully saturated rings. The van der Waals surface area contributed by atoms with Crippen molar-refractivity contribution < 1.29 is 4.79 Å². The third-order valence-corrected chi connectivity index (χ3v) is 4.53. The molecule has 2 N–H and O–H groups in total. The molecule has 3 aromatic carbocycles. The standard InChI is InChI=1S/C23H21N5O/c1-24-23(29)18-12-14-19(15-13-18)25-16-21-26-22(17-8-4-2-5-9-17)27-28(21)20-10-6-3-7-11-20/h2-15,25H,16H2,1H3,(H,24,29). The SMILES string of the molecule is CNC(=O)c1ccc(NCc2nc(-c3ccccc3)nn2-c2ccccc2)cc1. The number of amides is 1. The Kier molecular flexibility index (Phi) is 5.33. The second-order valence-corrected chi connectivity index (χ2v) is 6.48. The van der Waals surface area contributed by atoms with E-state index in [2.05, 4.69) is 10.6 Å². The van der Waals surface area contributed by atoms with Gasteiger partial charge in [0, 0.05) is 23.9 Å². The van der Waals surface area contributed by atoms with Crippen LogP contribution in [0.1, 0.15) is 16.2 Å². The van der Waals surface area contributed by atoms with Gasteiger partial charge in [0.2, 0.25) is 0 Å². The molecule has 4 rings (SSSR count). The maximum atomic E-state index is 11.7. The van der Waals surface area contributed by atoms with Crippen LogP contribution in [0.25, 0.3) is 17.1 Å². The normalized spacial score (nSPS) is 10.5. The fraction of sp³-hybridized carbons (Fsp3) is 0.0870. The Morgan fingerprint density at radius 1 is 0.897 bits per heavy atom. The molecule has 0 spiro atoms. The van der Waals surface area contributed by atoms with Gasteiger partial charge in [-0.25, -0.2) is 9.67 Å². The van der Waals surface area contributed by atoms with Crippen LogP contribution in [0.3, 0.4) is 0 Å². The first-order chi connectivity index (χ1) is 14.2. The molecule has 1 heterocycles. The Hall–Kier alpha value is -3.93. The van der Waals surface area contributed by atoms with Gasteiger partial charge in [0.05, 0.1) is 12.2 Å². The number of carbonyl (C=O) groups excluding carboxylic acids is 1. The summed E-state index contributed by atoms with van der Waals surface area (Å²) in [5.74, 6) is 1.37. The molecule has 0 atom stereocenters. The van der Waals surface area contributed by atoms with E-state index in [9.17, 15) is 4.79 Å². The topological polar surface area (TPSA) is 71.8 Å².